The number of hydrogen-bond donors (Lipinski definition) is 2. The van der Waals surface area contributed by atoms with Crippen LogP contribution in [-0.2, 0) is 21.3 Å². The zero-order chi connectivity index (χ0) is 24.2. The van der Waals surface area contributed by atoms with Crippen LogP contribution in [0.3, 0.4) is 0 Å². The monoisotopic (exact) mass is 526 g/mol. The highest BCUT2D eigenvalue weighted by molar-refractivity contribution is 9.10. The maximum absolute atomic E-state index is 12.3. The number of amides is 2. The molecule has 2 aromatic carbocycles. The Kier molecular flexibility index (Phi) is 6.97. The van der Waals surface area contributed by atoms with Crippen molar-refractivity contribution < 1.29 is 23.9 Å². The largest absolute Gasteiger partial charge is 0.464 e. The van der Waals surface area contributed by atoms with Crippen LogP contribution in [0, 0.1) is 0 Å². The van der Waals surface area contributed by atoms with E-state index in [0.717, 1.165) is 22.3 Å². The molecule has 0 radical (unpaired) electrons. The Morgan fingerprint density at radius 3 is 2.29 bits per heavy atom. The summed E-state index contributed by atoms with van der Waals surface area (Å²) in [6.07, 6.45) is -0.595. The Bertz CT molecular complexity index is 1210. The lowest BCUT2D eigenvalue weighted by Gasteiger charge is -2.14. The number of esters is 1. The average Bonchev–Trinajstić information content (AvgIpc) is 3.30. The predicted molar refractivity (Wildman–Crippen MR) is 129 cm³/mol. The molecule has 0 unspecified atom stereocenters. The molecule has 0 saturated carbocycles. The molecular formula is C24H23BrN4O5. The fraction of sp³-hybridized carbons (Fsp3) is 0.250. The Hall–Kier alpha value is -3.66. The van der Waals surface area contributed by atoms with Gasteiger partial charge in [-0.15, -0.1) is 0 Å². The first-order valence-corrected chi connectivity index (χ1v) is 11.4. The van der Waals surface area contributed by atoms with Gasteiger partial charge >= 0.3 is 12.1 Å². The van der Waals surface area contributed by atoms with Gasteiger partial charge in [-0.2, -0.15) is 5.10 Å². The number of aryl methyl sites for hydroxylation is 1. The van der Waals surface area contributed by atoms with Gasteiger partial charge in [0.05, 0.1) is 11.6 Å². The molecule has 0 aliphatic heterocycles. The van der Waals surface area contributed by atoms with Crippen LogP contribution in [0.15, 0.2) is 53.0 Å². The molecule has 1 heterocycles. The first-order valence-electron chi connectivity index (χ1n) is 10.6. The first-order chi connectivity index (χ1) is 16.4. The zero-order valence-corrected chi connectivity index (χ0v) is 20.2. The Morgan fingerprint density at radius 1 is 1.06 bits per heavy atom. The van der Waals surface area contributed by atoms with Crippen LogP contribution < -0.4 is 10.6 Å². The van der Waals surface area contributed by atoms with Crippen LogP contribution in [0.1, 0.15) is 34.0 Å². The number of benzene rings is 2. The minimum absolute atomic E-state index is 0.000761. The van der Waals surface area contributed by atoms with Gasteiger partial charge in [-0.3, -0.25) is 9.48 Å². The molecule has 34 heavy (non-hydrogen) atoms. The summed E-state index contributed by atoms with van der Waals surface area (Å²) >= 11 is 3.25. The summed E-state index contributed by atoms with van der Waals surface area (Å²) in [5.41, 5.74) is 4.74. The van der Waals surface area contributed by atoms with E-state index in [1.807, 2.05) is 36.4 Å². The second-order valence-corrected chi connectivity index (χ2v) is 8.47. The number of aromatic nitrogens is 2. The van der Waals surface area contributed by atoms with Crippen molar-refractivity contribution in [2.24, 2.45) is 7.05 Å². The lowest BCUT2D eigenvalue weighted by molar-refractivity contribution is -0.116. The molecule has 2 N–H and O–H groups in total. The number of fused-ring (bicyclic) bond motifs is 3. The van der Waals surface area contributed by atoms with Crippen molar-refractivity contribution in [2.45, 2.75) is 12.3 Å². The third-order valence-corrected chi connectivity index (χ3v) is 6.34. The van der Waals surface area contributed by atoms with E-state index in [1.54, 1.807) is 7.05 Å². The van der Waals surface area contributed by atoms with Crippen LogP contribution >= 0.6 is 15.9 Å². The Morgan fingerprint density at radius 2 is 1.68 bits per heavy atom. The van der Waals surface area contributed by atoms with Crippen molar-refractivity contribution in [2.75, 3.05) is 25.6 Å². The third kappa shape index (κ3) is 4.67. The number of nitrogens with one attached hydrogen (secondary N) is 2. The lowest BCUT2D eigenvalue weighted by Crippen LogP contribution is -2.29. The smallest absolute Gasteiger partial charge is 0.407 e. The molecule has 3 aromatic rings. The van der Waals surface area contributed by atoms with E-state index in [9.17, 15) is 14.4 Å². The Labute approximate surface area is 204 Å². The van der Waals surface area contributed by atoms with Gasteiger partial charge < -0.3 is 20.1 Å². The summed E-state index contributed by atoms with van der Waals surface area (Å²) in [6, 6.07) is 16.2. The number of anilines is 1. The molecule has 9 nitrogen and oxygen atoms in total. The molecule has 10 heteroatoms. The van der Waals surface area contributed by atoms with Crippen LogP contribution in [0.2, 0.25) is 0 Å². The van der Waals surface area contributed by atoms with Crippen LogP contribution in [-0.4, -0.2) is 48.0 Å². The quantitative estimate of drug-likeness (QED) is 0.452. The summed E-state index contributed by atoms with van der Waals surface area (Å²) in [7, 11) is 2.82. The normalized spacial score (nSPS) is 12.0. The second kappa shape index (κ2) is 10.1. The van der Waals surface area contributed by atoms with Crippen LogP contribution in [0.5, 0.6) is 0 Å². The van der Waals surface area contributed by atoms with Gasteiger partial charge in [-0.25, -0.2) is 9.59 Å². The minimum atomic E-state index is -0.596. The number of hydrogen-bond acceptors (Lipinski definition) is 6. The summed E-state index contributed by atoms with van der Waals surface area (Å²) < 4.78 is 11.8. The SMILES string of the molecule is COC(=O)c1c(Br)c(NC(=O)CCNC(=O)OCC2c3ccccc3-c3ccccc32)nn1C. The molecule has 4 rings (SSSR count). The molecule has 176 valence electrons. The van der Waals surface area contributed by atoms with Gasteiger partial charge in [0.25, 0.3) is 0 Å². The number of alkyl carbamates (subject to hydrolysis) is 1. The lowest BCUT2D eigenvalue weighted by atomic mass is 9.98. The van der Waals surface area contributed by atoms with E-state index in [-0.39, 0.29) is 42.9 Å². The standard InChI is InChI=1S/C24H23BrN4O5/c1-29-21(23(31)33-2)20(25)22(28-29)27-19(30)11-12-26-24(32)34-13-18-16-9-5-3-7-14(16)15-8-4-6-10-17(15)18/h3-10,18H,11-13H2,1-2H3,(H,26,32)(H,27,28,30). The molecule has 1 aliphatic rings. The average molecular weight is 527 g/mol. The van der Waals surface area contributed by atoms with E-state index >= 15 is 0 Å². The van der Waals surface area contributed by atoms with Gasteiger partial charge in [-0.05, 0) is 38.2 Å². The van der Waals surface area contributed by atoms with Crippen molar-refractivity contribution in [1.82, 2.24) is 15.1 Å². The van der Waals surface area contributed by atoms with Gasteiger partial charge in [0.15, 0.2) is 11.5 Å². The topological polar surface area (TPSA) is 112 Å². The number of methoxy groups -OCH3 is 1. The fourth-order valence-electron chi connectivity index (χ4n) is 4.02. The third-order valence-electron chi connectivity index (χ3n) is 5.59. The fourth-order valence-corrected chi connectivity index (χ4v) is 4.62. The van der Waals surface area contributed by atoms with E-state index in [4.69, 9.17) is 9.47 Å². The van der Waals surface area contributed by atoms with E-state index in [2.05, 4.69) is 43.8 Å². The molecule has 0 saturated heterocycles. The number of rotatable bonds is 7. The maximum atomic E-state index is 12.3. The van der Waals surface area contributed by atoms with Crippen molar-refractivity contribution in [3.63, 3.8) is 0 Å². The maximum Gasteiger partial charge on any atom is 0.407 e. The number of nitrogens with zero attached hydrogens (tertiary/aromatic N) is 2. The second-order valence-electron chi connectivity index (χ2n) is 7.68. The molecule has 0 spiro atoms. The van der Waals surface area contributed by atoms with Crippen molar-refractivity contribution in [3.05, 3.63) is 69.8 Å². The van der Waals surface area contributed by atoms with Crippen LogP contribution in [0.4, 0.5) is 10.6 Å². The highest BCUT2D eigenvalue weighted by Gasteiger charge is 2.29. The molecule has 1 aliphatic carbocycles. The minimum Gasteiger partial charge on any atom is -0.464 e. The highest BCUT2D eigenvalue weighted by atomic mass is 79.9. The van der Waals surface area contributed by atoms with Crippen LogP contribution in [0.25, 0.3) is 11.1 Å². The first kappa shape index (κ1) is 23.5. The van der Waals surface area contributed by atoms with Crippen molar-refractivity contribution >= 4 is 39.7 Å². The Balaban J connectivity index is 1.27. The number of ether oxygens (including phenoxy) is 2. The number of halogens is 1. The van der Waals surface area contributed by atoms with E-state index in [0.29, 0.717) is 4.47 Å². The number of carbonyl (C=O) groups excluding carboxylic acids is 3. The summed E-state index contributed by atoms with van der Waals surface area (Å²) in [4.78, 5) is 36.3. The molecule has 0 atom stereocenters. The summed E-state index contributed by atoms with van der Waals surface area (Å²) in [5.74, 6) is -0.811. The van der Waals surface area contributed by atoms with Gasteiger partial charge in [-0.1, -0.05) is 48.5 Å². The molecular weight excluding hydrogens is 504 g/mol. The summed E-state index contributed by atoms with van der Waals surface area (Å²) in [6.45, 7) is 0.278. The molecule has 2 amide bonds. The summed E-state index contributed by atoms with van der Waals surface area (Å²) in [5, 5.41) is 9.30. The zero-order valence-electron chi connectivity index (χ0n) is 18.6. The highest BCUT2D eigenvalue weighted by Crippen LogP contribution is 2.44. The molecule has 0 fully saturated rings. The van der Waals surface area contributed by atoms with Gasteiger partial charge in [0.1, 0.15) is 6.61 Å². The van der Waals surface area contributed by atoms with Gasteiger partial charge in [0, 0.05) is 25.9 Å². The van der Waals surface area contributed by atoms with Crippen molar-refractivity contribution in [1.29, 1.82) is 0 Å². The van der Waals surface area contributed by atoms with E-state index < -0.39 is 12.1 Å². The van der Waals surface area contributed by atoms with E-state index in [1.165, 1.54) is 11.8 Å². The van der Waals surface area contributed by atoms with Gasteiger partial charge in [0.2, 0.25) is 5.91 Å². The molecule has 1 aromatic heterocycles. The predicted octanol–water partition coefficient (Wildman–Crippen LogP) is 3.84. The van der Waals surface area contributed by atoms with Crippen molar-refractivity contribution in [3.8, 4) is 11.1 Å². The number of carbonyl (C=O) groups is 3. The molecule has 0 bridgehead atoms.